The number of nitrogens with zero attached hydrogens (tertiary/aromatic N) is 3. The fourth-order valence-corrected chi connectivity index (χ4v) is 8.09. The van der Waals surface area contributed by atoms with Gasteiger partial charge in [0.2, 0.25) is 0 Å². The lowest BCUT2D eigenvalue weighted by Crippen LogP contribution is -2.00. The van der Waals surface area contributed by atoms with Crippen molar-refractivity contribution >= 4 is 11.1 Å². The van der Waals surface area contributed by atoms with Gasteiger partial charge < -0.3 is 0 Å². The van der Waals surface area contributed by atoms with Crippen molar-refractivity contribution in [3.05, 3.63) is 235 Å². The van der Waals surface area contributed by atoms with Crippen LogP contribution in [0.4, 0.5) is 0 Å². The molecule has 0 bridgehead atoms. The molecular formula is C55H41N3. The molecule has 0 radical (unpaired) electrons. The standard InChI is InChI=1S/C55H41N3/c1-2-7-17-39(16-6-1)51(40-18-8-3-9-19-40)52(49-33-32-47-36-50(47)37-49)48-27-15-26-46(35-48)45-25-14-24-44(34-45)38-28-30-43(31-29-38)55-57-53(41-20-10-4-11-21-41)56-54(58-55)42-22-12-5-13-23-42/h1-6,8-35,37,47,50H,7,36H2/b52-51+. The van der Waals surface area contributed by atoms with Gasteiger partial charge >= 0.3 is 0 Å². The zero-order valence-electron chi connectivity index (χ0n) is 32.1. The third-order valence-corrected chi connectivity index (χ3v) is 11.2. The van der Waals surface area contributed by atoms with Crippen LogP contribution in [0.3, 0.4) is 0 Å². The van der Waals surface area contributed by atoms with E-state index >= 15 is 0 Å². The minimum Gasteiger partial charge on any atom is -0.208 e. The minimum atomic E-state index is 0.626. The van der Waals surface area contributed by atoms with Crippen LogP contribution in [0.1, 0.15) is 24.0 Å². The first-order chi connectivity index (χ1) is 28.7. The molecule has 1 saturated carbocycles. The molecule has 2 atom stereocenters. The van der Waals surface area contributed by atoms with Gasteiger partial charge in [-0.25, -0.2) is 15.0 Å². The van der Waals surface area contributed by atoms with Crippen LogP contribution in [-0.2, 0) is 0 Å². The third-order valence-electron chi connectivity index (χ3n) is 11.2. The van der Waals surface area contributed by atoms with Crippen LogP contribution >= 0.6 is 0 Å². The Balaban J connectivity index is 1.02. The maximum Gasteiger partial charge on any atom is 0.164 e. The summed E-state index contributed by atoms with van der Waals surface area (Å²) >= 11 is 0. The molecular weight excluding hydrogens is 703 g/mol. The molecule has 3 aliphatic carbocycles. The van der Waals surface area contributed by atoms with Gasteiger partial charge in [-0.3, -0.25) is 0 Å². The molecule has 3 nitrogen and oxygen atoms in total. The van der Waals surface area contributed by atoms with E-state index in [1.165, 1.54) is 51.0 Å². The van der Waals surface area contributed by atoms with E-state index in [1.807, 2.05) is 60.7 Å². The Kier molecular flexibility index (Phi) is 9.54. The molecule has 10 rings (SSSR count). The van der Waals surface area contributed by atoms with Gasteiger partial charge in [0.25, 0.3) is 0 Å². The summed E-state index contributed by atoms with van der Waals surface area (Å²) < 4.78 is 0. The second kappa shape index (κ2) is 15.7. The van der Waals surface area contributed by atoms with Gasteiger partial charge in [0.1, 0.15) is 0 Å². The van der Waals surface area contributed by atoms with E-state index in [0.717, 1.165) is 34.2 Å². The first-order valence-corrected chi connectivity index (χ1v) is 20.2. The summed E-state index contributed by atoms with van der Waals surface area (Å²) in [4.78, 5) is 14.7. The predicted octanol–water partition coefficient (Wildman–Crippen LogP) is 13.7. The van der Waals surface area contributed by atoms with Crippen molar-refractivity contribution in [2.24, 2.45) is 11.8 Å². The molecule has 6 aromatic carbocycles. The van der Waals surface area contributed by atoms with Crippen molar-refractivity contribution in [3.63, 3.8) is 0 Å². The van der Waals surface area contributed by atoms with Crippen LogP contribution < -0.4 is 0 Å². The van der Waals surface area contributed by atoms with Crippen molar-refractivity contribution < 1.29 is 0 Å². The first-order valence-electron chi connectivity index (χ1n) is 20.2. The van der Waals surface area contributed by atoms with Gasteiger partial charge in [-0.2, -0.15) is 0 Å². The van der Waals surface area contributed by atoms with Crippen LogP contribution in [0.25, 0.3) is 67.6 Å². The summed E-state index contributed by atoms with van der Waals surface area (Å²) in [5, 5.41) is 0. The maximum absolute atomic E-state index is 4.94. The van der Waals surface area contributed by atoms with E-state index in [4.69, 9.17) is 15.0 Å². The van der Waals surface area contributed by atoms with Crippen LogP contribution in [0.2, 0.25) is 0 Å². The largest absolute Gasteiger partial charge is 0.208 e. The number of benzene rings is 6. The maximum atomic E-state index is 4.94. The molecule has 0 saturated heterocycles. The molecule has 0 amide bonds. The van der Waals surface area contributed by atoms with E-state index in [-0.39, 0.29) is 0 Å². The number of fused-ring (bicyclic) bond motifs is 1. The Morgan fingerprint density at radius 1 is 0.414 bits per heavy atom. The molecule has 7 aromatic rings. The minimum absolute atomic E-state index is 0.626. The van der Waals surface area contributed by atoms with Gasteiger partial charge in [0, 0.05) is 16.7 Å². The zero-order chi connectivity index (χ0) is 38.7. The second-order valence-electron chi connectivity index (χ2n) is 15.1. The summed E-state index contributed by atoms with van der Waals surface area (Å²) in [5.41, 5.74) is 15.0. The highest BCUT2D eigenvalue weighted by Gasteiger charge is 2.36. The monoisotopic (exact) mass is 743 g/mol. The lowest BCUT2D eigenvalue weighted by atomic mass is 9.82. The number of rotatable bonds is 9. The first kappa shape index (κ1) is 35.2. The molecule has 3 aliphatic rings. The van der Waals surface area contributed by atoms with E-state index in [1.54, 1.807) is 0 Å². The average molecular weight is 744 g/mol. The number of hydrogen-bond donors (Lipinski definition) is 0. The normalized spacial score (nSPS) is 17.1. The van der Waals surface area contributed by atoms with Crippen molar-refractivity contribution in [3.8, 4) is 56.4 Å². The molecule has 0 spiro atoms. The van der Waals surface area contributed by atoms with Gasteiger partial charge in [0.15, 0.2) is 17.5 Å². The predicted molar refractivity (Wildman–Crippen MR) is 240 cm³/mol. The molecule has 2 unspecified atom stereocenters. The Morgan fingerprint density at radius 2 is 0.931 bits per heavy atom. The topological polar surface area (TPSA) is 38.7 Å². The smallest absolute Gasteiger partial charge is 0.164 e. The molecule has 0 aliphatic heterocycles. The highest BCUT2D eigenvalue weighted by Crippen LogP contribution is 2.49. The SMILES string of the molecule is C1=CCC=C(/C(=C(\C2=CC3CC3C=C2)c2cccc(-c3cccc(-c4ccc(-c5nc(-c6ccccc6)nc(-c6ccccc6)n5)cc4)c3)c2)c2ccccc2)C=C1. The number of allylic oxidation sites excluding steroid dienone is 12. The fraction of sp³-hybridized carbons (Fsp3) is 0.0727. The summed E-state index contributed by atoms with van der Waals surface area (Å²) in [6, 6.07) is 57.7. The van der Waals surface area contributed by atoms with Crippen molar-refractivity contribution in [2.45, 2.75) is 12.8 Å². The fourth-order valence-electron chi connectivity index (χ4n) is 8.09. The number of hydrogen-bond acceptors (Lipinski definition) is 3. The van der Waals surface area contributed by atoms with Crippen LogP contribution in [0.15, 0.2) is 224 Å². The molecule has 0 N–H and O–H groups in total. The molecule has 1 fully saturated rings. The Hall–Kier alpha value is -7.23. The van der Waals surface area contributed by atoms with Crippen LogP contribution in [0.5, 0.6) is 0 Å². The lowest BCUT2D eigenvalue weighted by Gasteiger charge is -2.21. The Labute approximate surface area is 340 Å². The number of aromatic nitrogens is 3. The summed E-state index contributed by atoms with van der Waals surface area (Å²) in [6.07, 6.45) is 20.6. The van der Waals surface area contributed by atoms with Crippen molar-refractivity contribution in [1.82, 2.24) is 15.0 Å². The van der Waals surface area contributed by atoms with E-state index in [2.05, 4.69) is 152 Å². The molecule has 58 heavy (non-hydrogen) atoms. The summed E-state index contributed by atoms with van der Waals surface area (Å²) in [6.45, 7) is 0. The summed E-state index contributed by atoms with van der Waals surface area (Å²) in [5.74, 6) is 3.27. The molecule has 1 aromatic heterocycles. The van der Waals surface area contributed by atoms with Crippen molar-refractivity contribution in [1.29, 1.82) is 0 Å². The summed E-state index contributed by atoms with van der Waals surface area (Å²) in [7, 11) is 0. The van der Waals surface area contributed by atoms with Gasteiger partial charge in [-0.05, 0) is 92.5 Å². The van der Waals surface area contributed by atoms with Gasteiger partial charge in [-0.1, -0.05) is 200 Å². The second-order valence-corrected chi connectivity index (χ2v) is 15.1. The molecule has 3 heteroatoms. The Bertz CT molecular complexity index is 2750. The van der Waals surface area contributed by atoms with Crippen LogP contribution in [-0.4, -0.2) is 15.0 Å². The molecule has 1 heterocycles. The average Bonchev–Trinajstić information content (AvgIpc) is 4.13. The highest BCUT2D eigenvalue weighted by atomic mass is 15.0. The third kappa shape index (κ3) is 7.38. The van der Waals surface area contributed by atoms with E-state index in [0.29, 0.717) is 29.3 Å². The molecule has 276 valence electrons. The van der Waals surface area contributed by atoms with Gasteiger partial charge in [-0.15, -0.1) is 0 Å². The zero-order valence-corrected chi connectivity index (χ0v) is 32.1. The lowest BCUT2D eigenvalue weighted by molar-refractivity contribution is 0.972. The quantitative estimate of drug-likeness (QED) is 0.138. The van der Waals surface area contributed by atoms with Crippen molar-refractivity contribution in [2.75, 3.05) is 0 Å². The van der Waals surface area contributed by atoms with Gasteiger partial charge in [0.05, 0.1) is 0 Å². The Morgan fingerprint density at radius 3 is 1.59 bits per heavy atom. The highest BCUT2D eigenvalue weighted by molar-refractivity contribution is 6.07. The van der Waals surface area contributed by atoms with E-state index < -0.39 is 0 Å². The van der Waals surface area contributed by atoms with Crippen LogP contribution in [0, 0.1) is 11.8 Å². The van der Waals surface area contributed by atoms with E-state index in [9.17, 15) is 0 Å².